The number of primary amides is 1. The number of nitrogens with zero attached hydrogens (tertiary/aromatic N) is 1. The molecular formula is C17H15N3O6S. The number of thioether (sulfide) groups is 1. The zero-order valence-electron chi connectivity index (χ0n) is 13.9. The molecule has 0 radical (unpaired) electrons. The van der Waals surface area contributed by atoms with Crippen LogP contribution in [0.3, 0.4) is 0 Å². The average Bonchev–Trinajstić information content (AvgIpc) is 2.65. The van der Waals surface area contributed by atoms with Crippen molar-refractivity contribution in [2.75, 3.05) is 17.7 Å². The van der Waals surface area contributed by atoms with Gasteiger partial charge < -0.3 is 15.8 Å². The summed E-state index contributed by atoms with van der Waals surface area (Å²) < 4.78 is 4.98. The van der Waals surface area contributed by atoms with Gasteiger partial charge in [0, 0.05) is 22.7 Å². The summed E-state index contributed by atoms with van der Waals surface area (Å²) >= 11 is 1.09. The minimum Gasteiger partial charge on any atom is -0.452 e. The molecule has 0 aliphatic carbocycles. The Balaban J connectivity index is 1.92. The molecule has 2 aromatic rings. The van der Waals surface area contributed by atoms with E-state index < -0.39 is 29.3 Å². The molecule has 0 heterocycles. The van der Waals surface area contributed by atoms with E-state index >= 15 is 0 Å². The predicted molar refractivity (Wildman–Crippen MR) is 98.4 cm³/mol. The van der Waals surface area contributed by atoms with Crippen LogP contribution < -0.4 is 11.1 Å². The lowest BCUT2D eigenvalue weighted by atomic mass is 10.2. The van der Waals surface area contributed by atoms with Crippen LogP contribution in [0.15, 0.2) is 53.4 Å². The van der Waals surface area contributed by atoms with Crippen LogP contribution in [0.4, 0.5) is 11.4 Å². The molecule has 0 fully saturated rings. The molecule has 0 spiro atoms. The first-order valence-corrected chi connectivity index (χ1v) is 8.57. The number of carbonyl (C=O) groups is 3. The van der Waals surface area contributed by atoms with Gasteiger partial charge >= 0.3 is 5.97 Å². The summed E-state index contributed by atoms with van der Waals surface area (Å²) in [6, 6.07) is 11.7. The van der Waals surface area contributed by atoms with Crippen LogP contribution in [0.2, 0.25) is 0 Å². The molecule has 2 rings (SSSR count). The zero-order chi connectivity index (χ0) is 19.8. The van der Waals surface area contributed by atoms with Crippen molar-refractivity contribution in [3.8, 4) is 0 Å². The van der Waals surface area contributed by atoms with Crippen LogP contribution in [0.1, 0.15) is 10.4 Å². The van der Waals surface area contributed by atoms with Gasteiger partial charge in [0.1, 0.15) is 0 Å². The highest BCUT2D eigenvalue weighted by atomic mass is 32.2. The minimum absolute atomic E-state index is 0.00488. The molecule has 140 valence electrons. The number of rotatable bonds is 8. The number of anilines is 1. The monoisotopic (exact) mass is 389 g/mol. The van der Waals surface area contributed by atoms with Gasteiger partial charge in [-0.3, -0.25) is 19.7 Å². The summed E-state index contributed by atoms with van der Waals surface area (Å²) in [6.07, 6.45) is 0. The molecule has 0 saturated carbocycles. The highest BCUT2D eigenvalue weighted by molar-refractivity contribution is 8.00. The summed E-state index contributed by atoms with van der Waals surface area (Å²) in [5, 5.41) is 13.1. The smallest absolute Gasteiger partial charge is 0.339 e. The normalized spacial score (nSPS) is 10.1. The van der Waals surface area contributed by atoms with Crippen molar-refractivity contribution in [1.29, 1.82) is 0 Å². The van der Waals surface area contributed by atoms with Gasteiger partial charge in [0.05, 0.1) is 16.2 Å². The maximum Gasteiger partial charge on any atom is 0.339 e. The van der Waals surface area contributed by atoms with Crippen molar-refractivity contribution < 1.29 is 24.0 Å². The van der Waals surface area contributed by atoms with Crippen molar-refractivity contribution >= 4 is 40.9 Å². The summed E-state index contributed by atoms with van der Waals surface area (Å²) in [6.45, 7) is -0.537. The van der Waals surface area contributed by atoms with Crippen LogP contribution in [0.25, 0.3) is 0 Å². The van der Waals surface area contributed by atoms with Gasteiger partial charge in [0.15, 0.2) is 6.61 Å². The second-order valence-corrected chi connectivity index (χ2v) is 6.20. The standard InChI is InChI=1S/C17H15N3O6S/c18-15(21)10-27-14-4-2-1-3-13(14)17(23)26-9-16(22)19-11-5-7-12(8-6-11)20(24)25/h1-8H,9-10H2,(H2,18,21)(H,19,22). The minimum atomic E-state index is -0.721. The highest BCUT2D eigenvalue weighted by Gasteiger charge is 2.15. The topological polar surface area (TPSA) is 142 Å². The Labute approximate surface area is 158 Å². The molecule has 0 aliphatic rings. The molecule has 0 saturated heterocycles. The largest absolute Gasteiger partial charge is 0.452 e. The number of nitro benzene ring substituents is 1. The van der Waals surface area contributed by atoms with Crippen molar-refractivity contribution in [2.45, 2.75) is 4.90 Å². The van der Waals surface area contributed by atoms with Gasteiger partial charge in [-0.05, 0) is 24.3 Å². The van der Waals surface area contributed by atoms with Crippen LogP contribution in [0, 0.1) is 10.1 Å². The fourth-order valence-corrected chi connectivity index (χ4v) is 2.76. The number of nitrogens with one attached hydrogen (secondary N) is 1. The number of hydrogen-bond donors (Lipinski definition) is 2. The number of nitro groups is 1. The quantitative estimate of drug-likeness (QED) is 0.304. The Kier molecular flexibility index (Phi) is 6.89. The van der Waals surface area contributed by atoms with Crippen molar-refractivity contribution in [3.05, 3.63) is 64.2 Å². The first-order valence-electron chi connectivity index (χ1n) is 7.58. The van der Waals surface area contributed by atoms with Crippen molar-refractivity contribution in [1.82, 2.24) is 0 Å². The maximum absolute atomic E-state index is 12.2. The van der Waals surface area contributed by atoms with Gasteiger partial charge in [-0.15, -0.1) is 11.8 Å². The van der Waals surface area contributed by atoms with Crippen molar-refractivity contribution in [2.24, 2.45) is 5.73 Å². The van der Waals surface area contributed by atoms with Gasteiger partial charge in [-0.1, -0.05) is 12.1 Å². The van der Waals surface area contributed by atoms with Crippen LogP contribution >= 0.6 is 11.8 Å². The van der Waals surface area contributed by atoms with Gasteiger partial charge in [0.25, 0.3) is 11.6 Å². The van der Waals surface area contributed by atoms with Crippen LogP contribution in [-0.2, 0) is 14.3 Å². The number of nitrogens with two attached hydrogens (primary N) is 1. The number of benzene rings is 2. The molecule has 2 amide bonds. The molecular weight excluding hydrogens is 374 g/mol. The average molecular weight is 389 g/mol. The van der Waals surface area contributed by atoms with Crippen LogP contribution in [-0.4, -0.2) is 35.1 Å². The highest BCUT2D eigenvalue weighted by Crippen LogP contribution is 2.23. The second-order valence-electron chi connectivity index (χ2n) is 5.18. The number of non-ortho nitro benzene ring substituents is 1. The molecule has 0 bridgehead atoms. The predicted octanol–water partition coefficient (Wildman–Crippen LogP) is 1.97. The molecule has 0 aromatic heterocycles. The Hall–Kier alpha value is -3.40. The number of ether oxygens (including phenoxy) is 1. The number of esters is 1. The van der Waals surface area contributed by atoms with E-state index in [4.69, 9.17) is 10.5 Å². The van der Waals surface area contributed by atoms with Gasteiger partial charge in [-0.25, -0.2) is 4.79 Å². The molecule has 0 atom stereocenters. The summed E-state index contributed by atoms with van der Waals surface area (Å²) in [7, 11) is 0. The lowest BCUT2D eigenvalue weighted by Gasteiger charge is -2.09. The Bertz CT molecular complexity index is 869. The summed E-state index contributed by atoms with van der Waals surface area (Å²) in [5.41, 5.74) is 5.54. The lowest BCUT2D eigenvalue weighted by molar-refractivity contribution is -0.384. The van der Waals surface area contributed by atoms with Gasteiger partial charge in [0.2, 0.25) is 5.91 Å². The van der Waals surface area contributed by atoms with E-state index in [1.165, 1.54) is 30.3 Å². The van der Waals surface area contributed by atoms with Crippen molar-refractivity contribution in [3.63, 3.8) is 0 Å². The molecule has 3 N–H and O–H groups in total. The van der Waals surface area contributed by atoms with E-state index in [2.05, 4.69) is 5.32 Å². The fraction of sp³-hybridized carbons (Fsp3) is 0.118. The van der Waals surface area contributed by atoms with E-state index in [9.17, 15) is 24.5 Å². The third-order valence-corrected chi connectivity index (χ3v) is 4.27. The molecule has 27 heavy (non-hydrogen) atoms. The third-order valence-electron chi connectivity index (χ3n) is 3.17. The molecule has 0 unspecified atom stereocenters. The van der Waals surface area contributed by atoms with Crippen LogP contribution in [0.5, 0.6) is 0 Å². The zero-order valence-corrected chi connectivity index (χ0v) is 14.7. The van der Waals surface area contributed by atoms with E-state index in [0.29, 0.717) is 10.6 Å². The third kappa shape index (κ3) is 6.12. The first-order chi connectivity index (χ1) is 12.9. The molecule has 9 nitrogen and oxygen atoms in total. The number of hydrogen-bond acceptors (Lipinski definition) is 7. The Morgan fingerprint density at radius 3 is 2.41 bits per heavy atom. The first kappa shape index (κ1) is 19.9. The molecule has 10 heteroatoms. The van der Waals surface area contributed by atoms with E-state index in [1.54, 1.807) is 18.2 Å². The fourth-order valence-electron chi connectivity index (χ4n) is 1.98. The Morgan fingerprint density at radius 1 is 1.11 bits per heavy atom. The molecule has 2 aromatic carbocycles. The lowest BCUT2D eigenvalue weighted by Crippen LogP contribution is -2.21. The molecule has 0 aliphatic heterocycles. The second kappa shape index (κ2) is 9.34. The number of carbonyl (C=O) groups excluding carboxylic acids is 3. The summed E-state index contributed by atoms with van der Waals surface area (Å²) in [4.78, 5) is 45.5. The SMILES string of the molecule is NC(=O)CSc1ccccc1C(=O)OCC(=O)Nc1ccc([N+](=O)[O-])cc1. The Morgan fingerprint density at radius 2 is 1.78 bits per heavy atom. The maximum atomic E-state index is 12.2. The summed E-state index contributed by atoms with van der Waals surface area (Å²) in [5.74, 6) is -1.84. The van der Waals surface area contributed by atoms with E-state index in [-0.39, 0.29) is 17.0 Å². The van der Waals surface area contributed by atoms with E-state index in [1.807, 2.05) is 0 Å². The van der Waals surface area contributed by atoms with E-state index in [0.717, 1.165) is 11.8 Å². The number of amides is 2. The van der Waals surface area contributed by atoms with Gasteiger partial charge in [-0.2, -0.15) is 0 Å².